The Balaban J connectivity index is 1.36. The van der Waals surface area contributed by atoms with Gasteiger partial charge >= 0.3 is 0 Å². The zero-order valence-electron chi connectivity index (χ0n) is 16.4. The summed E-state index contributed by atoms with van der Waals surface area (Å²) in [5.74, 6) is 0.916. The molecule has 0 spiro atoms. The molecule has 0 amide bonds. The summed E-state index contributed by atoms with van der Waals surface area (Å²) < 4.78 is 0. The van der Waals surface area contributed by atoms with Gasteiger partial charge in [0.25, 0.3) is 0 Å². The predicted octanol–water partition coefficient (Wildman–Crippen LogP) is 4.11. The van der Waals surface area contributed by atoms with Gasteiger partial charge in [0.1, 0.15) is 0 Å². The van der Waals surface area contributed by atoms with Gasteiger partial charge in [-0.05, 0) is 69.2 Å². The number of hydrogen-bond acceptors (Lipinski definition) is 3. The highest BCUT2D eigenvalue weighted by atomic mass is 15.3. The summed E-state index contributed by atoms with van der Waals surface area (Å²) in [6, 6.07) is 7.38. The van der Waals surface area contributed by atoms with Crippen LogP contribution in [0.3, 0.4) is 0 Å². The minimum atomic E-state index is 0.693. The van der Waals surface area contributed by atoms with Gasteiger partial charge in [0.2, 0.25) is 0 Å². The van der Waals surface area contributed by atoms with E-state index in [9.17, 15) is 0 Å². The maximum atomic E-state index is 4.06. The van der Waals surface area contributed by atoms with E-state index in [-0.39, 0.29) is 0 Å². The Morgan fingerprint density at radius 1 is 1.16 bits per heavy atom. The summed E-state index contributed by atoms with van der Waals surface area (Å²) in [4.78, 5) is 5.23. The molecule has 138 valence electrons. The zero-order chi connectivity index (χ0) is 17.8. The lowest BCUT2D eigenvalue weighted by Gasteiger charge is -2.40. The Hall–Kier alpha value is -1.48. The maximum absolute atomic E-state index is 4.06. The summed E-state index contributed by atoms with van der Waals surface area (Å²) in [7, 11) is 0. The second-order valence-corrected chi connectivity index (χ2v) is 7.97. The number of rotatable bonds is 7. The number of allylic oxidation sites excluding steroid dienone is 1. The first-order valence-corrected chi connectivity index (χ1v) is 10.0. The fraction of sp³-hybridized carbons (Fsp3) is 0.636. The van der Waals surface area contributed by atoms with Crippen LogP contribution in [0.2, 0.25) is 0 Å². The van der Waals surface area contributed by atoms with E-state index in [1.54, 1.807) is 0 Å². The van der Waals surface area contributed by atoms with Gasteiger partial charge in [0.15, 0.2) is 0 Å². The molecule has 1 heterocycles. The number of nitrogens with zero attached hydrogens (tertiary/aromatic N) is 2. The summed E-state index contributed by atoms with van der Waals surface area (Å²) >= 11 is 0. The Morgan fingerprint density at radius 3 is 2.56 bits per heavy atom. The van der Waals surface area contributed by atoms with Crippen molar-refractivity contribution in [1.29, 1.82) is 0 Å². The first-order valence-electron chi connectivity index (χ1n) is 10.0. The van der Waals surface area contributed by atoms with Crippen molar-refractivity contribution >= 4 is 5.69 Å². The SMILES string of the molecule is C=C(CC)NC1CC(CCN2CCN(c3cccc(C)c3C)CC2)C1. The second kappa shape index (κ2) is 8.27. The molecule has 1 saturated heterocycles. The number of anilines is 1. The minimum absolute atomic E-state index is 0.693. The summed E-state index contributed by atoms with van der Waals surface area (Å²) in [5.41, 5.74) is 5.48. The molecule has 0 bridgehead atoms. The molecular formula is C22H35N3. The zero-order valence-corrected chi connectivity index (χ0v) is 16.4. The standard InChI is InChI=1S/C22H35N3/c1-5-18(3)23-21-15-20(16-21)9-10-24-11-13-25(14-12-24)22-8-6-7-17(2)19(22)4/h6-8,20-21,23H,3,5,9-16H2,1-2,4H3. The lowest BCUT2D eigenvalue weighted by atomic mass is 9.78. The van der Waals surface area contributed by atoms with Crippen molar-refractivity contribution in [3.05, 3.63) is 41.6 Å². The van der Waals surface area contributed by atoms with Crippen LogP contribution in [-0.2, 0) is 0 Å². The summed E-state index contributed by atoms with van der Waals surface area (Å²) in [6.45, 7) is 16.7. The largest absolute Gasteiger partial charge is 0.386 e. The number of piperazine rings is 1. The van der Waals surface area contributed by atoms with Crippen molar-refractivity contribution in [2.75, 3.05) is 37.6 Å². The average Bonchev–Trinajstić information content (AvgIpc) is 2.59. The molecule has 1 aliphatic carbocycles. The highest BCUT2D eigenvalue weighted by Crippen LogP contribution is 2.31. The van der Waals surface area contributed by atoms with Gasteiger partial charge in [-0.25, -0.2) is 0 Å². The third-order valence-corrected chi connectivity index (χ3v) is 6.21. The summed E-state index contributed by atoms with van der Waals surface area (Å²) in [5, 5.41) is 3.55. The molecule has 2 aliphatic rings. The van der Waals surface area contributed by atoms with Gasteiger partial charge in [0.05, 0.1) is 0 Å². The van der Waals surface area contributed by atoms with E-state index in [1.165, 1.54) is 61.4 Å². The van der Waals surface area contributed by atoms with Gasteiger partial charge in [-0.2, -0.15) is 0 Å². The molecule has 0 radical (unpaired) electrons. The van der Waals surface area contributed by atoms with Crippen LogP contribution in [0.4, 0.5) is 5.69 Å². The minimum Gasteiger partial charge on any atom is -0.386 e. The van der Waals surface area contributed by atoms with Crippen LogP contribution in [0, 0.1) is 19.8 Å². The van der Waals surface area contributed by atoms with E-state index in [0.717, 1.165) is 25.4 Å². The molecule has 1 N–H and O–H groups in total. The van der Waals surface area contributed by atoms with Crippen molar-refractivity contribution in [3.8, 4) is 0 Å². The first-order chi connectivity index (χ1) is 12.1. The van der Waals surface area contributed by atoms with Crippen molar-refractivity contribution < 1.29 is 0 Å². The molecule has 0 unspecified atom stereocenters. The normalized spacial score (nSPS) is 24.0. The summed E-state index contributed by atoms with van der Waals surface area (Å²) in [6.07, 6.45) is 5.08. The second-order valence-electron chi connectivity index (χ2n) is 7.97. The van der Waals surface area contributed by atoms with Crippen LogP contribution in [0.5, 0.6) is 0 Å². The van der Waals surface area contributed by atoms with Crippen LogP contribution < -0.4 is 10.2 Å². The predicted molar refractivity (Wildman–Crippen MR) is 108 cm³/mol. The molecule has 0 atom stereocenters. The number of nitrogens with one attached hydrogen (secondary N) is 1. The molecule has 3 heteroatoms. The highest BCUT2D eigenvalue weighted by molar-refractivity contribution is 5.56. The third-order valence-electron chi connectivity index (χ3n) is 6.21. The van der Waals surface area contributed by atoms with E-state index < -0.39 is 0 Å². The molecule has 1 aromatic carbocycles. The number of benzene rings is 1. The topological polar surface area (TPSA) is 18.5 Å². The van der Waals surface area contributed by atoms with Crippen LogP contribution in [0.15, 0.2) is 30.5 Å². The van der Waals surface area contributed by atoms with Crippen molar-refractivity contribution in [1.82, 2.24) is 10.2 Å². The van der Waals surface area contributed by atoms with E-state index >= 15 is 0 Å². The van der Waals surface area contributed by atoms with Crippen LogP contribution >= 0.6 is 0 Å². The molecule has 25 heavy (non-hydrogen) atoms. The molecule has 3 rings (SSSR count). The van der Waals surface area contributed by atoms with E-state index in [1.807, 2.05) is 0 Å². The lowest BCUT2D eigenvalue weighted by Crippen LogP contribution is -2.48. The third kappa shape index (κ3) is 4.58. The highest BCUT2D eigenvalue weighted by Gasteiger charge is 2.29. The molecule has 1 aliphatic heterocycles. The Kier molecular flexibility index (Phi) is 6.06. The van der Waals surface area contributed by atoms with Gasteiger partial charge in [0, 0.05) is 43.6 Å². The maximum Gasteiger partial charge on any atom is 0.0399 e. The lowest BCUT2D eigenvalue weighted by molar-refractivity contribution is 0.176. The molecule has 3 nitrogen and oxygen atoms in total. The first kappa shape index (κ1) is 18.3. The quantitative estimate of drug-likeness (QED) is 0.805. The molecular weight excluding hydrogens is 306 g/mol. The smallest absolute Gasteiger partial charge is 0.0399 e. The van der Waals surface area contributed by atoms with Crippen molar-refractivity contribution in [2.45, 2.75) is 52.5 Å². The van der Waals surface area contributed by atoms with Gasteiger partial charge < -0.3 is 10.2 Å². The molecule has 1 saturated carbocycles. The van der Waals surface area contributed by atoms with Crippen LogP contribution in [-0.4, -0.2) is 43.7 Å². The van der Waals surface area contributed by atoms with E-state index in [4.69, 9.17) is 0 Å². The Labute approximate surface area is 154 Å². The average molecular weight is 342 g/mol. The van der Waals surface area contributed by atoms with E-state index in [2.05, 4.69) is 60.7 Å². The number of hydrogen-bond donors (Lipinski definition) is 1. The van der Waals surface area contributed by atoms with Gasteiger partial charge in [-0.1, -0.05) is 25.6 Å². The fourth-order valence-electron chi connectivity index (χ4n) is 4.14. The van der Waals surface area contributed by atoms with Crippen molar-refractivity contribution in [3.63, 3.8) is 0 Å². The van der Waals surface area contributed by atoms with Crippen molar-refractivity contribution in [2.24, 2.45) is 5.92 Å². The van der Waals surface area contributed by atoms with Gasteiger partial charge in [-0.15, -0.1) is 0 Å². The molecule has 0 aromatic heterocycles. The Morgan fingerprint density at radius 2 is 1.88 bits per heavy atom. The Bertz CT molecular complexity index is 581. The van der Waals surface area contributed by atoms with Gasteiger partial charge in [-0.3, -0.25) is 4.90 Å². The van der Waals surface area contributed by atoms with E-state index in [0.29, 0.717) is 6.04 Å². The fourth-order valence-corrected chi connectivity index (χ4v) is 4.14. The number of aryl methyl sites for hydroxylation is 1. The monoisotopic (exact) mass is 341 g/mol. The molecule has 1 aromatic rings. The molecule has 2 fully saturated rings. The van der Waals surface area contributed by atoms with Crippen LogP contribution in [0.25, 0.3) is 0 Å². The van der Waals surface area contributed by atoms with Crippen LogP contribution in [0.1, 0.15) is 43.7 Å².